The van der Waals surface area contributed by atoms with Crippen molar-refractivity contribution in [3.05, 3.63) is 59.7 Å². The van der Waals surface area contributed by atoms with Gasteiger partial charge in [0.15, 0.2) is 0 Å². The molecule has 2 nitrogen and oxygen atoms in total. The van der Waals surface area contributed by atoms with Crippen molar-refractivity contribution in [2.45, 2.75) is 89.4 Å². The number of benzene rings is 2. The van der Waals surface area contributed by atoms with Gasteiger partial charge in [-0.05, 0) is 61.1 Å². The molecular weight excluding hydrogens is 364 g/mol. The van der Waals surface area contributed by atoms with Crippen LogP contribution in [-0.4, -0.2) is 8.42 Å². The van der Waals surface area contributed by atoms with Crippen LogP contribution in [-0.2, 0) is 16.3 Å². The van der Waals surface area contributed by atoms with Crippen molar-refractivity contribution < 1.29 is 8.42 Å². The van der Waals surface area contributed by atoms with Gasteiger partial charge in [0.1, 0.15) is 0 Å². The standard InChI is InChI=1S/C22H30O2S.C3H8/c1-4-10-19(5-2)11-9-12-20-17-22(16-15-18(20)3)25(23,24)21-13-7-6-8-14-21;1-3-2/h6-8,13-17,19H,4-5,9-12H2,1-3H3;3H2,1-2H3. The minimum atomic E-state index is -3.43. The van der Waals surface area contributed by atoms with Crippen molar-refractivity contribution in [1.29, 1.82) is 0 Å². The van der Waals surface area contributed by atoms with E-state index in [1.165, 1.54) is 37.7 Å². The number of sulfone groups is 1. The van der Waals surface area contributed by atoms with Crippen LogP contribution in [0.5, 0.6) is 0 Å². The summed E-state index contributed by atoms with van der Waals surface area (Å²) < 4.78 is 25.6. The van der Waals surface area contributed by atoms with Crippen LogP contribution in [0, 0.1) is 12.8 Å². The van der Waals surface area contributed by atoms with Gasteiger partial charge < -0.3 is 0 Å². The lowest BCUT2D eigenvalue weighted by molar-refractivity contribution is 0.419. The van der Waals surface area contributed by atoms with Gasteiger partial charge in [-0.1, -0.05) is 84.1 Å². The Kier molecular flexibility index (Phi) is 11.1. The van der Waals surface area contributed by atoms with Crippen LogP contribution in [0.1, 0.15) is 77.3 Å². The summed E-state index contributed by atoms with van der Waals surface area (Å²) >= 11 is 0. The molecule has 0 radical (unpaired) electrons. The van der Waals surface area contributed by atoms with Crippen molar-refractivity contribution in [2.24, 2.45) is 5.92 Å². The van der Waals surface area contributed by atoms with Gasteiger partial charge in [0.05, 0.1) is 9.79 Å². The monoisotopic (exact) mass is 402 g/mol. The molecule has 2 aromatic rings. The van der Waals surface area contributed by atoms with Crippen LogP contribution in [0.15, 0.2) is 58.3 Å². The minimum Gasteiger partial charge on any atom is -0.219 e. The molecule has 1 atom stereocenters. The van der Waals surface area contributed by atoms with Crippen molar-refractivity contribution in [3.63, 3.8) is 0 Å². The third kappa shape index (κ3) is 7.43. The van der Waals surface area contributed by atoms with Crippen LogP contribution >= 0.6 is 0 Å². The van der Waals surface area contributed by atoms with Gasteiger partial charge in [0.2, 0.25) is 9.84 Å². The summed E-state index contributed by atoms with van der Waals surface area (Å²) in [7, 11) is -3.43. The number of hydrogen-bond acceptors (Lipinski definition) is 2. The molecule has 0 saturated heterocycles. The molecule has 0 fully saturated rings. The summed E-state index contributed by atoms with van der Waals surface area (Å²) in [6.07, 6.45) is 8.30. The van der Waals surface area contributed by atoms with Crippen molar-refractivity contribution in [2.75, 3.05) is 0 Å². The predicted molar refractivity (Wildman–Crippen MR) is 121 cm³/mol. The first-order valence-corrected chi connectivity index (χ1v) is 12.3. The van der Waals surface area contributed by atoms with Crippen LogP contribution < -0.4 is 0 Å². The zero-order valence-electron chi connectivity index (χ0n) is 18.4. The Morgan fingerprint density at radius 2 is 1.50 bits per heavy atom. The Morgan fingerprint density at radius 3 is 2.07 bits per heavy atom. The molecule has 2 rings (SSSR count). The third-order valence-electron chi connectivity index (χ3n) is 5.02. The van der Waals surface area contributed by atoms with Gasteiger partial charge in [0, 0.05) is 0 Å². The van der Waals surface area contributed by atoms with Crippen LogP contribution in [0.3, 0.4) is 0 Å². The van der Waals surface area contributed by atoms with E-state index in [2.05, 4.69) is 34.6 Å². The molecule has 0 saturated carbocycles. The highest BCUT2D eigenvalue weighted by atomic mass is 32.2. The van der Waals surface area contributed by atoms with Crippen LogP contribution in [0.2, 0.25) is 0 Å². The molecule has 0 bridgehead atoms. The largest absolute Gasteiger partial charge is 0.219 e. The molecule has 0 aliphatic heterocycles. The summed E-state index contributed by atoms with van der Waals surface area (Å²) in [5, 5.41) is 0. The fourth-order valence-electron chi connectivity index (χ4n) is 3.36. The predicted octanol–water partition coefficient (Wildman–Crippen LogP) is 7.39. The quantitative estimate of drug-likeness (QED) is 0.438. The fraction of sp³-hybridized carbons (Fsp3) is 0.520. The Bertz CT molecular complexity index is 779. The zero-order chi connectivity index (χ0) is 21.0. The normalized spacial score (nSPS) is 12.2. The molecule has 0 heterocycles. The Balaban J connectivity index is 0.00000122. The highest BCUT2D eigenvalue weighted by Gasteiger charge is 2.18. The molecular formula is C25H38O2S. The van der Waals surface area contributed by atoms with E-state index in [0.29, 0.717) is 9.79 Å². The summed E-state index contributed by atoms with van der Waals surface area (Å²) in [4.78, 5) is 0.763. The van der Waals surface area contributed by atoms with Gasteiger partial charge in [-0.2, -0.15) is 0 Å². The SMILES string of the molecule is CCC.CCCC(CC)CCCc1cc(S(=O)(=O)c2ccccc2)ccc1C. The third-order valence-corrected chi connectivity index (χ3v) is 6.78. The molecule has 3 heteroatoms. The van der Waals surface area contributed by atoms with E-state index in [1.807, 2.05) is 18.2 Å². The van der Waals surface area contributed by atoms with E-state index in [9.17, 15) is 8.42 Å². The van der Waals surface area contributed by atoms with E-state index in [1.54, 1.807) is 30.3 Å². The van der Waals surface area contributed by atoms with Gasteiger partial charge in [-0.25, -0.2) is 8.42 Å². The minimum absolute atomic E-state index is 0.360. The average molecular weight is 403 g/mol. The first kappa shape index (κ1) is 24.4. The zero-order valence-corrected chi connectivity index (χ0v) is 19.2. The average Bonchev–Trinajstić information content (AvgIpc) is 2.69. The van der Waals surface area contributed by atoms with E-state index in [4.69, 9.17) is 0 Å². The Labute approximate surface area is 173 Å². The van der Waals surface area contributed by atoms with Gasteiger partial charge in [0.25, 0.3) is 0 Å². The van der Waals surface area contributed by atoms with Crippen molar-refractivity contribution >= 4 is 9.84 Å². The first-order chi connectivity index (χ1) is 13.4. The second kappa shape index (κ2) is 12.8. The molecule has 1 unspecified atom stereocenters. The molecule has 0 spiro atoms. The molecule has 28 heavy (non-hydrogen) atoms. The maximum Gasteiger partial charge on any atom is 0.206 e. The lowest BCUT2D eigenvalue weighted by atomic mass is 9.93. The second-order valence-corrected chi connectivity index (χ2v) is 9.52. The highest BCUT2D eigenvalue weighted by molar-refractivity contribution is 7.91. The lowest BCUT2D eigenvalue weighted by Gasteiger charge is -2.14. The molecule has 0 N–H and O–H groups in total. The smallest absolute Gasteiger partial charge is 0.206 e. The Hall–Kier alpha value is -1.61. The number of hydrogen-bond donors (Lipinski definition) is 0. The summed E-state index contributed by atoms with van der Waals surface area (Å²) in [5.41, 5.74) is 2.33. The van der Waals surface area contributed by atoms with Crippen LogP contribution in [0.4, 0.5) is 0 Å². The van der Waals surface area contributed by atoms with E-state index >= 15 is 0 Å². The molecule has 0 aliphatic carbocycles. The fourth-order valence-corrected chi connectivity index (χ4v) is 4.69. The topological polar surface area (TPSA) is 34.1 Å². The number of rotatable bonds is 9. The van der Waals surface area contributed by atoms with E-state index in [-0.39, 0.29) is 0 Å². The maximum atomic E-state index is 12.8. The van der Waals surface area contributed by atoms with Gasteiger partial charge in [-0.3, -0.25) is 0 Å². The Morgan fingerprint density at radius 1 is 0.857 bits per heavy atom. The van der Waals surface area contributed by atoms with E-state index < -0.39 is 9.84 Å². The van der Waals surface area contributed by atoms with Crippen molar-refractivity contribution in [3.8, 4) is 0 Å². The molecule has 0 aliphatic rings. The summed E-state index contributed by atoms with van der Waals surface area (Å²) in [6.45, 7) is 10.8. The van der Waals surface area contributed by atoms with Crippen LogP contribution in [0.25, 0.3) is 0 Å². The van der Waals surface area contributed by atoms with Crippen molar-refractivity contribution in [1.82, 2.24) is 0 Å². The summed E-state index contributed by atoms with van der Waals surface area (Å²) in [5.74, 6) is 0.793. The summed E-state index contributed by atoms with van der Waals surface area (Å²) in [6, 6.07) is 14.2. The number of aryl methyl sites for hydroxylation is 2. The molecule has 0 amide bonds. The molecule has 156 valence electrons. The highest BCUT2D eigenvalue weighted by Crippen LogP contribution is 2.25. The second-order valence-electron chi connectivity index (χ2n) is 7.57. The van der Waals surface area contributed by atoms with Gasteiger partial charge in [-0.15, -0.1) is 0 Å². The molecule has 0 aromatic heterocycles. The first-order valence-electron chi connectivity index (χ1n) is 10.8. The van der Waals surface area contributed by atoms with Gasteiger partial charge >= 0.3 is 0 Å². The van der Waals surface area contributed by atoms with E-state index in [0.717, 1.165) is 24.3 Å². The maximum absolute atomic E-state index is 12.8. The molecule has 2 aromatic carbocycles. The lowest BCUT2D eigenvalue weighted by Crippen LogP contribution is -2.04.